The second-order valence-electron chi connectivity index (χ2n) is 5.82. The summed E-state index contributed by atoms with van der Waals surface area (Å²) in [5, 5.41) is 9.32. The molecule has 0 amide bonds. The standard InChI is InChI=1S/C21H20O/c1-16-2-4-17(5-3-16)14-18-6-8-19(9-7-18)15-20-10-12-21(22)13-11-20/h2-13,22H,14-15H2,1H3. The first-order valence-corrected chi connectivity index (χ1v) is 7.60. The predicted octanol–water partition coefficient (Wildman–Crippen LogP) is 4.88. The lowest BCUT2D eigenvalue weighted by Crippen LogP contribution is -1.91. The third-order valence-corrected chi connectivity index (χ3v) is 3.90. The summed E-state index contributed by atoms with van der Waals surface area (Å²) in [7, 11) is 0. The molecule has 0 unspecified atom stereocenters. The molecule has 110 valence electrons. The van der Waals surface area contributed by atoms with E-state index in [-0.39, 0.29) is 0 Å². The zero-order valence-electron chi connectivity index (χ0n) is 12.8. The summed E-state index contributed by atoms with van der Waals surface area (Å²) in [5.74, 6) is 0.317. The van der Waals surface area contributed by atoms with E-state index in [1.807, 2.05) is 12.1 Å². The highest BCUT2D eigenvalue weighted by Gasteiger charge is 1.99. The average molecular weight is 288 g/mol. The average Bonchev–Trinajstić information content (AvgIpc) is 2.54. The van der Waals surface area contributed by atoms with Crippen LogP contribution in [-0.4, -0.2) is 5.11 Å². The Morgan fingerprint density at radius 2 is 0.864 bits per heavy atom. The summed E-state index contributed by atoms with van der Waals surface area (Å²) in [6.07, 6.45) is 1.87. The van der Waals surface area contributed by atoms with Gasteiger partial charge in [-0.05, 0) is 54.2 Å². The molecule has 0 fully saturated rings. The molecule has 22 heavy (non-hydrogen) atoms. The van der Waals surface area contributed by atoms with E-state index in [0.717, 1.165) is 12.8 Å². The zero-order valence-corrected chi connectivity index (χ0v) is 12.8. The smallest absolute Gasteiger partial charge is 0.115 e. The topological polar surface area (TPSA) is 20.2 Å². The summed E-state index contributed by atoms with van der Waals surface area (Å²) in [4.78, 5) is 0. The Balaban J connectivity index is 1.67. The van der Waals surface area contributed by atoms with Crippen molar-refractivity contribution in [1.29, 1.82) is 0 Å². The number of rotatable bonds is 4. The van der Waals surface area contributed by atoms with E-state index in [4.69, 9.17) is 0 Å². The molecule has 1 N–H and O–H groups in total. The Kier molecular flexibility index (Phi) is 4.24. The first kappa shape index (κ1) is 14.4. The molecule has 3 aromatic rings. The Hall–Kier alpha value is -2.54. The van der Waals surface area contributed by atoms with Gasteiger partial charge in [0.25, 0.3) is 0 Å². The maximum Gasteiger partial charge on any atom is 0.115 e. The molecule has 1 heteroatoms. The molecule has 0 aliphatic heterocycles. The van der Waals surface area contributed by atoms with Gasteiger partial charge in [-0.1, -0.05) is 66.2 Å². The number of phenolic OH excluding ortho intramolecular Hbond substituents is 1. The van der Waals surface area contributed by atoms with Crippen LogP contribution >= 0.6 is 0 Å². The van der Waals surface area contributed by atoms with Crippen molar-refractivity contribution in [2.45, 2.75) is 19.8 Å². The van der Waals surface area contributed by atoms with Gasteiger partial charge in [0.15, 0.2) is 0 Å². The van der Waals surface area contributed by atoms with Crippen LogP contribution < -0.4 is 0 Å². The maximum atomic E-state index is 9.32. The van der Waals surface area contributed by atoms with Gasteiger partial charge < -0.3 is 5.11 Å². The van der Waals surface area contributed by atoms with Crippen LogP contribution in [0.15, 0.2) is 72.8 Å². The summed E-state index contributed by atoms with van der Waals surface area (Å²) in [6.45, 7) is 2.11. The summed E-state index contributed by atoms with van der Waals surface area (Å²) in [5.41, 5.74) is 6.48. The monoisotopic (exact) mass is 288 g/mol. The molecule has 0 saturated heterocycles. The molecule has 0 radical (unpaired) electrons. The highest BCUT2D eigenvalue weighted by atomic mass is 16.3. The molecule has 1 nitrogen and oxygen atoms in total. The lowest BCUT2D eigenvalue weighted by atomic mass is 10.00. The van der Waals surface area contributed by atoms with Crippen molar-refractivity contribution < 1.29 is 5.11 Å². The van der Waals surface area contributed by atoms with Gasteiger partial charge in [0.05, 0.1) is 0 Å². The van der Waals surface area contributed by atoms with Crippen molar-refractivity contribution in [2.24, 2.45) is 0 Å². The Morgan fingerprint density at radius 1 is 0.545 bits per heavy atom. The Morgan fingerprint density at radius 3 is 1.27 bits per heavy atom. The fraction of sp³-hybridized carbons (Fsp3) is 0.143. The largest absolute Gasteiger partial charge is 0.508 e. The third-order valence-electron chi connectivity index (χ3n) is 3.90. The van der Waals surface area contributed by atoms with Crippen LogP contribution in [0.1, 0.15) is 27.8 Å². The molecule has 0 spiro atoms. The summed E-state index contributed by atoms with van der Waals surface area (Å²) < 4.78 is 0. The first-order valence-electron chi connectivity index (χ1n) is 7.60. The predicted molar refractivity (Wildman–Crippen MR) is 91.3 cm³/mol. The van der Waals surface area contributed by atoms with Gasteiger partial charge in [-0.15, -0.1) is 0 Å². The molecule has 0 aliphatic rings. The summed E-state index contributed by atoms with van der Waals surface area (Å²) >= 11 is 0. The number of hydrogen-bond acceptors (Lipinski definition) is 1. The Labute approximate surface area is 131 Å². The van der Waals surface area contributed by atoms with Gasteiger partial charge in [0.1, 0.15) is 5.75 Å². The van der Waals surface area contributed by atoms with E-state index in [2.05, 4.69) is 55.5 Å². The van der Waals surface area contributed by atoms with Crippen molar-refractivity contribution in [3.8, 4) is 5.75 Å². The van der Waals surface area contributed by atoms with E-state index in [0.29, 0.717) is 5.75 Å². The van der Waals surface area contributed by atoms with E-state index in [1.165, 1.54) is 27.8 Å². The van der Waals surface area contributed by atoms with Crippen molar-refractivity contribution in [3.05, 3.63) is 101 Å². The summed E-state index contributed by atoms with van der Waals surface area (Å²) in [6, 6.07) is 24.9. The quantitative estimate of drug-likeness (QED) is 0.725. The van der Waals surface area contributed by atoms with Gasteiger partial charge in [0, 0.05) is 0 Å². The number of hydrogen-bond donors (Lipinski definition) is 1. The molecule has 3 rings (SSSR count). The lowest BCUT2D eigenvalue weighted by molar-refractivity contribution is 0.475. The van der Waals surface area contributed by atoms with Crippen molar-refractivity contribution >= 4 is 0 Å². The molecular weight excluding hydrogens is 268 g/mol. The van der Waals surface area contributed by atoms with Crippen LogP contribution in [0, 0.1) is 6.92 Å². The van der Waals surface area contributed by atoms with Crippen LogP contribution in [0.5, 0.6) is 5.75 Å². The fourth-order valence-corrected chi connectivity index (χ4v) is 2.57. The second-order valence-corrected chi connectivity index (χ2v) is 5.82. The normalized spacial score (nSPS) is 10.6. The Bertz CT molecular complexity index is 656. The minimum Gasteiger partial charge on any atom is -0.508 e. The van der Waals surface area contributed by atoms with Crippen LogP contribution in [0.25, 0.3) is 0 Å². The first-order chi connectivity index (χ1) is 10.7. The highest BCUT2D eigenvalue weighted by molar-refractivity contribution is 5.34. The highest BCUT2D eigenvalue weighted by Crippen LogP contribution is 2.16. The molecule has 0 aliphatic carbocycles. The van der Waals surface area contributed by atoms with Gasteiger partial charge in [-0.3, -0.25) is 0 Å². The van der Waals surface area contributed by atoms with Gasteiger partial charge in [-0.2, -0.15) is 0 Å². The van der Waals surface area contributed by atoms with E-state index >= 15 is 0 Å². The number of aromatic hydroxyl groups is 1. The van der Waals surface area contributed by atoms with Crippen LogP contribution in [0.2, 0.25) is 0 Å². The molecule has 0 atom stereocenters. The number of phenols is 1. The van der Waals surface area contributed by atoms with Crippen LogP contribution in [-0.2, 0) is 12.8 Å². The second kappa shape index (κ2) is 6.48. The molecule has 0 aromatic heterocycles. The van der Waals surface area contributed by atoms with Gasteiger partial charge in [-0.25, -0.2) is 0 Å². The molecule has 0 bridgehead atoms. The van der Waals surface area contributed by atoms with Crippen molar-refractivity contribution in [3.63, 3.8) is 0 Å². The lowest BCUT2D eigenvalue weighted by Gasteiger charge is -2.06. The third kappa shape index (κ3) is 3.76. The van der Waals surface area contributed by atoms with E-state index in [1.54, 1.807) is 12.1 Å². The van der Waals surface area contributed by atoms with Gasteiger partial charge in [0.2, 0.25) is 0 Å². The molecule has 3 aromatic carbocycles. The van der Waals surface area contributed by atoms with Gasteiger partial charge >= 0.3 is 0 Å². The number of aryl methyl sites for hydroxylation is 1. The number of benzene rings is 3. The molecule has 0 heterocycles. The van der Waals surface area contributed by atoms with Crippen LogP contribution in [0.4, 0.5) is 0 Å². The minimum absolute atomic E-state index is 0.317. The molecule has 0 saturated carbocycles. The zero-order chi connectivity index (χ0) is 15.4. The van der Waals surface area contributed by atoms with E-state index in [9.17, 15) is 5.11 Å². The molecular formula is C21H20O. The van der Waals surface area contributed by atoms with E-state index < -0.39 is 0 Å². The minimum atomic E-state index is 0.317. The SMILES string of the molecule is Cc1ccc(Cc2ccc(Cc3ccc(O)cc3)cc2)cc1. The van der Waals surface area contributed by atoms with Crippen molar-refractivity contribution in [1.82, 2.24) is 0 Å². The van der Waals surface area contributed by atoms with Crippen LogP contribution in [0.3, 0.4) is 0 Å². The van der Waals surface area contributed by atoms with Crippen molar-refractivity contribution in [2.75, 3.05) is 0 Å². The maximum absolute atomic E-state index is 9.32. The fourth-order valence-electron chi connectivity index (χ4n) is 2.57.